The molecule has 0 saturated heterocycles. The summed E-state index contributed by atoms with van der Waals surface area (Å²) in [6, 6.07) is 29.4. The number of carbonyl (C=O) groups is 1. The molecule has 0 aliphatic rings. The van der Waals surface area contributed by atoms with Crippen LogP contribution in [0.2, 0.25) is 0 Å². The Balaban J connectivity index is 1.73. The van der Waals surface area contributed by atoms with Crippen molar-refractivity contribution in [1.82, 2.24) is 4.90 Å². The van der Waals surface area contributed by atoms with E-state index in [0.29, 0.717) is 13.1 Å². The molecule has 0 heterocycles. The van der Waals surface area contributed by atoms with Crippen molar-refractivity contribution in [3.63, 3.8) is 0 Å². The van der Waals surface area contributed by atoms with Crippen molar-refractivity contribution in [2.75, 3.05) is 0 Å². The van der Waals surface area contributed by atoms with Crippen molar-refractivity contribution >= 4 is 5.78 Å². The van der Waals surface area contributed by atoms with E-state index >= 15 is 0 Å². The largest absolute Gasteiger partial charge is 0.388 e. The van der Waals surface area contributed by atoms with Crippen LogP contribution in [0, 0.1) is 0 Å². The minimum absolute atomic E-state index is 0.0446. The highest BCUT2D eigenvalue weighted by Gasteiger charge is 2.24. The van der Waals surface area contributed by atoms with Gasteiger partial charge >= 0.3 is 0 Å². The SMILES string of the molecule is C[C@@H](C(=O)C[C@@H](O)c1ccccc1)N(Cc1ccccc1)Cc1ccccc1. The summed E-state index contributed by atoms with van der Waals surface area (Å²) in [6.45, 7) is 3.31. The molecule has 0 unspecified atom stereocenters. The van der Waals surface area contributed by atoms with Gasteiger partial charge in [-0.15, -0.1) is 0 Å². The minimum Gasteiger partial charge on any atom is -0.388 e. The second-order valence-electron chi connectivity index (χ2n) is 7.15. The van der Waals surface area contributed by atoms with Crippen LogP contribution in [0.1, 0.15) is 36.1 Å². The lowest BCUT2D eigenvalue weighted by Gasteiger charge is -2.29. The van der Waals surface area contributed by atoms with Gasteiger partial charge < -0.3 is 5.11 Å². The molecule has 3 heteroatoms. The lowest BCUT2D eigenvalue weighted by Crippen LogP contribution is -2.38. The molecule has 0 aliphatic heterocycles. The molecule has 3 aromatic carbocycles. The fourth-order valence-corrected chi connectivity index (χ4v) is 3.32. The number of benzene rings is 3. The Hall–Kier alpha value is -2.75. The van der Waals surface area contributed by atoms with E-state index in [1.165, 1.54) is 11.1 Å². The highest BCUT2D eigenvalue weighted by Crippen LogP contribution is 2.20. The van der Waals surface area contributed by atoms with E-state index in [4.69, 9.17) is 0 Å². The van der Waals surface area contributed by atoms with Gasteiger partial charge in [0, 0.05) is 19.5 Å². The summed E-state index contributed by atoms with van der Waals surface area (Å²) in [4.78, 5) is 15.1. The number of aliphatic hydroxyl groups is 1. The predicted molar refractivity (Wildman–Crippen MR) is 113 cm³/mol. The van der Waals surface area contributed by atoms with Crippen LogP contribution in [0.3, 0.4) is 0 Å². The summed E-state index contributed by atoms with van der Waals surface area (Å²) >= 11 is 0. The van der Waals surface area contributed by atoms with Gasteiger partial charge in [0.05, 0.1) is 12.1 Å². The Morgan fingerprint density at radius 1 is 0.786 bits per heavy atom. The zero-order valence-corrected chi connectivity index (χ0v) is 16.2. The standard InChI is InChI=1S/C25H27NO2/c1-20(24(27)17-25(28)23-15-9-4-10-16-23)26(18-21-11-5-2-6-12-21)19-22-13-7-3-8-14-22/h2-16,20,25,28H,17-19H2,1H3/t20-,25+/m0/s1. The van der Waals surface area contributed by atoms with Gasteiger partial charge in [0.2, 0.25) is 0 Å². The lowest BCUT2D eigenvalue weighted by atomic mass is 10.00. The molecule has 0 radical (unpaired) electrons. The molecular weight excluding hydrogens is 346 g/mol. The lowest BCUT2D eigenvalue weighted by molar-refractivity contribution is -0.126. The third-order valence-electron chi connectivity index (χ3n) is 5.05. The first-order valence-corrected chi connectivity index (χ1v) is 9.71. The van der Waals surface area contributed by atoms with Crippen molar-refractivity contribution in [1.29, 1.82) is 0 Å². The normalized spacial score (nSPS) is 13.2. The quantitative estimate of drug-likeness (QED) is 0.587. The van der Waals surface area contributed by atoms with Crippen LogP contribution in [0.15, 0.2) is 91.0 Å². The highest BCUT2D eigenvalue weighted by molar-refractivity contribution is 5.84. The smallest absolute Gasteiger partial charge is 0.152 e. The number of carbonyl (C=O) groups excluding carboxylic acids is 1. The van der Waals surface area contributed by atoms with Crippen molar-refractivity contribution in [2.24, 2.45) is 0 Å². The van der Waals surface area contributed by atoms with Gasteiger partial charge in [0.1, 0.15) is 0 Å². The molecule has 0 fully saturated rings. The number of rotatable bonds is 9. The first kappa shape index (κ1) is 20.0. The van der Waals surface area contributed by atoms with E-state index < -0.39 is 6.10 Å². The van der Waals surface area contributed by atoms with Crippen LogP contribution in [0.5, 0.6) is 0 Å². The Kier molecular flexibility index (Phi) is 7.12. The van der Waals surface area contributed by atoms with Crippen LogP contribution < -0.4 is 0 Å². The van der Waals surface area contributed by atoms with Crippen molar-refractivity contribution in [2.45, 2.75) is 38.6 Å². The van der Waals surface area contributed by atoms with E-state index in [9.17, 15) is 9.90 Å². The number of aliphatic hydroxyl groups excluding tert-OH is 1. The third kappa shape index (κ3) is 5.62. The molecule has 0 saturated carbocycles. The van der Waals surface area contributed by atoms with Gasteiger partial charge in [-0.3, -0.25) is 9.69 Å². The second-order valence-corrected chi connectivity index (χ2v) is 7.15. The maximum Gasteiger partial charge on any atom is 0.152 e. The molecule has 2 atom stereocenters. The summed E-state index contributed by atoms with van der Waals surface area (Å²) in [6.07, 6.45) is -0.655. The molecule has 28 heavy (non-hydrogen) atoms. The van der Waals surface area contributed by atoms with Gasteiger partial charge in [0.15, 0.2) is 5.78 Å². The average Bonchev–Trinajstić information content (AvgIpc) is 2.75. The Morgan fingerprint density at radius 2 is 1.21 bits per heavy atom. The van der Waals surface area contributed by atoms with E-state index in [1.807, 2.05) is 73.7 Å². The van der Waals surface area contributed by atoms with E-state index in [1.54, 1.807) is 0 Å². The second kappa shape index (κ2) is 9.98. The third-order valence-corrected chi connectivity index (χ3v) is 5.05. The van der Waals surface area contributed by atoms with E-state index in [0.717, 1.165) is 5.56 Å². The van der Waals surface area contributed by atoms with Crippen LogP contribution in [0.25, 0.3) is 0 Å². The average molecular weight is 373 g/mol. The number of hydrogen-bond acceptors (Lipinski definition) is 3. The molecule has 3 rings (SSSR count). The maximum absolute atomic E-state index is 12.9. The first-order chi connectivity index (χ1) is 13.6. The van der Waals surface area contributed by atoms with Crippen LogP contribution >= 0.6 is 0 Å². The summed E-state index contributed by atoms with van der Waals surface area (Å²) in [7, 11) is 0. The molecule has 1 N–H and O–H groups in total. The van der Waals surface area contributed by atoms with Crippen molar-refractivity contribution < 1.29 is 9.90 Å². The number of nitrogens with zero attached hydrogens (tertiary/aromatic N) is 1. The molecule has 3 nitrogen and oxygen atoms in total. The summed E-state index contributed by atoms with van der Waals surface area (Å²) in [5.74, 6) is 0.0446. The monoisotopic (exact) mass is 373 g/mol. The zero-order chi connectivity index (χ0) is 19.8. The van der Waals surface area contributed by atoms with Crippen molar-refractivity contribution in [3.05, 3.63) is 108 Å². The van der Waals surface area contributed by atoms with Gasteiger partial charge in [-0.1, -0.05) is 91.0 Å². The fourth-order valence-electron chi connectivity index (χ4n) is 3.32. The zero-order valence-electron chi connectivity index (χ0n) is 16.2. The molecule has 0 bridgehead atoms. The van der Waals surface area contributed by atoms with Crippen LogP contribution in [-0.2, 0) is 17.9 Å². The maximum atomic E-state index is 12.9. The Bertz CT molecular complexity index is 808. The predicted octanol–water partition coefficient (Wildman–Crippen LogP) is 4.77. The summed E-state index contributed by atoms with van der Waals surface area (Å²) < 4.78 is 0. The number of ketones is 1. The Morgan fingerprint density at radius 3 is 1.68 bits per heavy atom. The first-order valence-electron chi connectivity index (χ1n) is 9.71. The van der Waals surface area contributed by atoms with Crippen molar-refractivity contribution in [3.8, 4) is 0 Å². The summed E-state index contributed by atoms with van der Waals surface area (Å²) in [5, 5.41) is 10.5. The molecule has 0 amide bonds. The van der Waals surface area contributed by atoms with E-state index in [2.05, 4.69) is 29.2 Å². The Labute approximate surface area is 167 Å². The van der Waals surface area contributed by atoms with Crippen LogP contribution in [-0.4, -0.2) is 21.8 Å². The highest BCUT2D eigenvalue weighted by atomic mass is 16.3. The minimum atomic E-state index is -0.772. The van der Waals surface area contributed by atoms with Crippen LogP contribution in [0.4, 0.5) is 0 Å². The van der Waals surface area contributed by atoms with E-state index in [-0.39, 0.29) is 18.2 Å². The molecule has 0 aliphatic carbocycles. The summed E-state index contributed by atoms with van der Waals surface area (Å²) in [5.41, 5.74) is 3.11. The molecule has 0 aromatic heterocycles. The van der Waals surface area contributed by atoms with Gasteiger partial charge in [-0.2, -0.15) is 0 Å². The molecular formula is C25H27NO2. The fraction of sp³-hybridized carbons (Fsp3) is 0.240. The molecule has 0 spiro atoms. The van der Waals surface area contributed by atoms with Gasteiger partial charge in [-0.25, -0.2) is 0 Å². The topological polar surface area (TPSA) is 40.5 Å². The molecule has 144 valence electrons. The van der Waals surface area contributed by atoms with Gasteiger partial charge in [-0.05, 0) is 23.6 Å². The molecule has 3 aromatic rings. The number of hydrogen-bond donors (Lipinski definition) is 1. The number of Topliss-reactive ketones (excluding diaryl/α,β-unsaturated/α-hetero) is 1. The van der Waals surface area contributed by atoms with Gasteiger partial charge in [0.25, 0.3) is 0 Å².